The van der Waals surface area contributed by atoms with Crippen molar-refractivity contribution in [3.63, 3.8) is 0 Å². The van der Waals surface area contributed by atoms with Gasteiger partial charge >= 0.3 is 0 Å². The van der Waals surface area contributed by atoms with Gasteiger partial charge in [0.2, 0.25) is 10.0 Å². The Morgan fingerprint density at radius 1 is 1.11 bits per heavy atom. The number of nitrogens with one attached hydrogen (secondary N) is 1. The van der Waals surface area contributed by atoms with E-state index in [1.165, 1.54) is 12.8 Å². The van der Waals surface area contributed by atoms with Crippen LogP contribution in [-0.4, -0.2) is 31.7 Å². The van der Waals surface area contributed by atoms with Crippen LogP contribution < -0.4 is 9.62 Å². The summed E-state index contributed by atoms with van der Waals surface area (Å²) in [6.45, 7) is 7.92. The Balaban J connectivity index is 1.48. The van der Waals surface area contributed by atoms with Crippen LogP contribution in [0.5, 0.6) is 0 Å². The van der Waals surface area contributed by atoms with E-state index < -0.39 is 21.5 Å². The van der Waals surface area contributed by atoms with Gasteiger partial charge in [-0.3, -0.25) is 9.52 Å². The summed E-state index contributed by atoms with van der Waals surface area (Å²) in [6, 6.07) is 8.83. The molecule has 3 aliphatic rings. The monoisotopic (exact) mass is 500 g/mol. The molecule has 2 aromatic rings. The number of benzene rings is 1. The third-order valence-electron chi connectivity index (χ3n) is 8.37. The first-order chi connectivity index (χ1) is 16.4. The molecule has 35 heavy (non-hydrogen) atoms. The first kappa shape index (κ1) is 24.4. The Morgan fingerprint density at radius 3 is 2.37 bits per heavy atom. The molecular weight excluding hydrogens is 464 g/mol. The van der Waals surface area contributed by atoms with Crippen molar-refractivity contribution in [3.8, 4) is 0 Å². The number of hydrogen-bond donors (Lipinski definition) is 2. The van der Waals surface area contributed by atoms with Gasteiger partial charge < -0.3 is 14.4 Å². The number of furan rings is 1. The van der Waals surface area contributed by atoms with Crippen molar-refractivity contribution in [1.29, 1.82) is 0 Å². The normalized spacial score (nSPS) is 21.2. The van der Waals surface area contributed by atoms with Crippen molar-refractivity contribution in [1.82, 2.24) is 0 Å². The lowest BCUT2D eigenvalue weighted by molar-refractivity contribution is 0.0422. The van der Waals surface area contributed by atoms with E-state index in [-0.39, 0.29) is 22.8 Å². The van der Waals surface area contributed by atoms with Gasteiger partial charge in [0, 0.05) is 23.3 Å². The third kappa shape index (κ3) is 4.40. The molecule has 0 radical (unpaired) electrons. The van der Waals surface area contributed by atoms with Crippen molar-refractivity contribution in [2.75, 3.05) is 21.9 Å². The Morgan fingerprint density at radius 2 is 1.77 bits per heavy atom. The highest BCUT2D eigenvalue weighted by atomic mass is 32.2. The Labute approximate surface area is 207 Å². The molecule has 1 aromatic heterocycles. The molecule has 2 spiro atoms. The van der Waals surface area contributed by atoms with Crippen molar-refractivity contribution < 1.29 is 22.7 Å². The van der Waals surface area contributed by atoms with E-state index in [9.17, 15) is 18.3 Å². The molecule has 8 heteroatoms. The summed E-state index contributed by atoms with van der Waals surface area (Å²) < 4.78 is 32.9. The fourth-order valence-electron chi connectivity index (χ4n) is 5.70. The molecule has 2 saturated carbocycles. The number of anilines is 2. The molecule has 2 N–H and O–H groups in total. The van der Waals surface area contributed by atoms with Gasteiger partial charge in [0.05, 0.1) is 5.75 Å². The molecule has 2 fully saturated rings. The molecule has 190 valence electrons. The largest absolute Gasteiger partial charge is 0.453 e. The zero-order chi connectivity index (χ0) is 25.2. The first-order valence-corrected chi connectivity index (χ1v) is 14.3. The summed E-state index contributed by atoms with van der Waals surface area (Å²) in [7, 11) is -3.40. The quantitative estimate of drug-likeness (QED) is 0.575. The van der Waals surface area contributed by atoms with Gasteiger partial charge in [-0.25, -0.2) is 8.42 Å². The Bertz CT molecular complexity index is 1240. The number of sulfonamides is 1. The first-order valence-electron chi connectivity index (χ1n) is 12.6. The molecular formula is C27H36N2O5S. The van der Waals surface area contributed by atoms with Gasteiger partial charge in [0.15, 0.2) is 5.76 Å². The fraction of sp³-hybridized carbons (Fsp3) is 0.593. The van der Waals surface area contributed by atoms with Crippen molar-refractivity contribution in [2.45, 2.75) is 77.7 Å². The molecule has 5 rings (SSSR count). The van der Waals surface area contributed by atoms with Crippen LogP contribution in [0.25, 0.3) is 0 Å². The van der Waals surface area contributed by atoms with Crippen molar-refractivity contribution in [3.05, 3.63) is 47.4 Å². The van der Waals surface area contributed by atoms with Crippen LogP contribution in [-0.2, 0) is 15.4 Å². The number of hydrogen-bond acceptors (Lipinski definition) is 5. The second kappa shape index (κ2) is 8.10. The molecule has 0 saturated heterocycles. The number of aliphatic hydroxyl groups is 1. The lowest BCUT2D eigenvalue weighted by atomic mass is 9.66. The number of aliphatic hydroxyl groups excluding tert-OH is 1. The highest BCUT2D eigenvalue weighted by Crippen LogP contribution is 2.62. The molecule has 7 nitrogen and oxygen atoms in total. The van der Waals surface area contributed by atoms with Gasteiger partial charge in [-0.2, -0.15) is 0 Å². The number of carbonyl (C=O) groups excluding carboxylic acids is 1. The van der Waals surface area contributed by atoms with E-state index in [1.54, 1.807) is 30.0 Å². The van der Waals surface area contributed by atoms with E-state index >= 15 is 0 Å². The van der Waals surface area contributed by atoms with E-state index in [1.807, 2.05) is 32.9 Å². The molecule has 2 aliphatic carbocycles. The minimum atomic E-state index is -3.40. The number of fused-ring (bicyclic) bond motifs is 2. The second-order valence-electron chi connectivity index (χ2n) is 11.9. The summed E-state index contributed by atoms with van der Waals surface area (Å²) in [6.07, 6.45) is 6.02. The van der Waals surface area contributed by atoms with Crippen LogP contribution in [0.3, 0.4) is 0 Å². The van der Waals surface area contributed by atoms with Gasteiger partial charge in [0.25, 0.3) is 5.91 Å². The summed E-state index contributed by atoms with van der Waals surface area (Å²) in [5, 5.41) is 10.6. The van der Waals surface area contributed by atoms with E-state index in [4.69, 9.17) is 4.42 Å². The van der Waals surface area contributed by atoms with Gasteiger partial charge in [-0.1, -0.05) is 20.8 Å². The molecule has 1 unspecified atom stereocenters. The second-order valence-corrected chi connectivity index (χ2v) is 13.9. The van der Waals surface area contributed by atoms with Crippen molar-refractivity contribution >= 4 is 27.3 Å². The minimum Gasteiger partial charge on any atom is -0.453 e. The van der Waals surface area contributed by atoms with Gasteiger partial charge in [-0.05, 0) is 92.2 Å². The standard InChI is InChI=1S/C27H36N2O5S/c1-5-35(32,33)28-18-6-7-20-19(16-18)27(14-12-26(10-11-26)13-15-27)17-29(20)24(31)22-9-8-21(34-22)23(30)25(2,3)4/h6-9,16,23,28,30H,5,10-15,17H2,1-4H3. The lowest BCUT2D eigenvalue weighted by Crippen LogP contribution is -2.39. The molecule has 1 aliphatic heterocycles. The SMILES string of the molecule is CCS(=O)(=O)Nc1ccc2c(c1)C1(CCC3(CC3)CC1)CN2C(=O)c1ccc(C(O)C(C)(C)C)o1. The van der Waals surface area contributed by atoms with E-state index in [0.717, 1.165) is 36.9 Å². The average Bonchev–Trinajstić information content (AvgIpc) is 3.26. The number of carbonyl (C=O) groups is 1. The maximum Gasteiger partial charge on any atom is 0.294 e. The number of amides is 1. The Hall–Kier alpha value is -2.32. The predicted molar refractivity (Wildman–Crippen MR) is 136 cm³/mol. The predicted octanol–water partition coefficient (Wildman–Crippen LogP) is 5.37. The Kier molecular flexibility index (Phi) is 5.64. The van der Waals surface area contributed by atoms with E-state index in [2.05, 4.69) is 4.72 Å². The lowest BCUT2D eigenvalue weighted by Gasteiger charge is -2.38. The zero-order valence-corrected chi connectivity index (χ0v) is 21.9. The van der Waals surface area contributed by atoms with Crippen LogP contribution >= 0.6 is 0 Å². The molecule has 2 heterocycles. The van der Waals surface area contributed by atoms with Crippen LogP contribution in [0.15, 0.2) is 34.7 Å². The highest BCUT2D eigenvalue weighted by Gasteiger charge is 2.54. The van der Waals surface area contributed by atoms with Gasteiger partial charge in [0.1, 0.15) is 11.9 Å². The van der Waals surface area contributed by atoms with Crippen LogP contribution in [0.4, 0.5) is 11.4 Å². The van der Waals surface area contributed by atoms with Crippen molar-refractivity contribution in [2.24, 2.45) is 10.8 Å². The summed E-state index contributed by atoms with van der Waals surface area (Å²) >= 11 is 0. The zero-order valence-electron chi connectivity index (χ0n) is 21.1. The number of nitrogens with zero attached hydrogens (tertiary/aromatic N) is 1. The molecule has 0 bridgehead atoms. The van der Waals surface area contributed by atoms with Crippen LogP contribution in [0, 0.1) is 10.8 Å². The fourth-order valence-corrected chi connectivity index (χ4v) is 6.33. The molecule has 1 amide bonds. The molecule has 1 aromatic carbocycles. The maximum absolute atomic E-state index is 13.7. The van der Waals surface area contributed by atoms with E-state index in [0.29, 0.717) is 23.4 Å². The topological polar surface area (TPSA) is 99.9 Å². The third-order valence-corrected chi connectivity index (χ3v) is 9.68. The average molecular weight is 501 g/mol. The van der Waals surface area contributed by atoms with Gasteiger partial charge in [-0.15, -0.1) is 0 Å². The highest BCUT2D eigenvalue weighted by molar-refractivity contribution is 7.92. The van der Waals surface area contributed by atoms with Crippen LogP contribution in [0.2, 0.25) is 0 Å². The minimum absolute atomic E-state index is 0.00357. The smallest absolute Gasteiger partial charge is 0.294 e. The summed E-state index contributed by atoms with van der Waals surface area (Å²) in [5.74, 6) is 0.358. The summed E-state index contributed by atoms with van der Waals surface area (Å²) in [5.41, 5.74) is 2.29. The summed E-state index contributed by atoms with van der Waals surface area (Å²) in [4.78, 5) is 15.4. The van der Waals surface area contributed by atoms with Crippen LogP contribution in [0.1, 0.15) is 94.2 Å². The maximum atomic E-state index is 13.7. The molecule has 1 atom stereocenters. The number of rotatable bonds is 5.